The first-order chi connectivity index (χ1) is 8.72. The molecule has 4 heteroatoms. The van der Waals surface area contributed by atoms with E-state index in [0.29, 0.717) is 5.92 Å². The SMILES string of the molecule is CCC[C@H](Oc1cccc(F)c1F)C1CCNC1. The molecule has 1 N–H and O–H groups in total. The zero-order chi connectivity index (χ0) is 13.0. The lowest BCUT2D eigenvalue weighted by atomic mass is 9.97. The molecule has 0 aromatic heterocycles. The molecule has 0 bridgehead atoms. The van der Waals surface area contributed by atoms with Crippen LogP contribution in [-0.4, -0.2) is 19.2 Å². The monoisotopic (exact) mass is 255 g/mol. The molecular formula is C14H19F2NO. The van der Waals surface area contributed by atoms with Gasteiger partial charge in [0.25, 0.3) is 0 Å². The van der Waals surface area contributed by atoms with Gasteiger partial charge in [-0.2, -0.15) is 4.39 Å². The van der Waals surface area contributed by atoms with Gasteiger partial charge in [-0.25, -0.2) is 4.39 Å². The Kier molecular flexibility index (Phi) is 4.53. The van der Waals surface area contributed by atoms with E-state index in [9.17, 15) is 8.78 Å². The first kappa shape index (κ1) is 13.3. The number of halogens is 2. The van der Waals surface area contributed by atoms with Gasteiger partial charge >= 0.3 is 0 Å². The molecule has 0 saturated carbocycles. The molecular weight excluding hydrogens is 236 g/mol. The minimum absolute atomic E-state index is 0.0281. The normalized spacial score (nSPS) is 20.9. The quantitative estimate of drug-likeness (QED) is 0.872. The fraction of sp³-hybridized carbons (Fsp3) is 0.571. The van der Waals surface area contributed by atoms with Gasteiger partial charge in [-0.05, 0) is 31.5 Å². The molecule has 0 amide bonds. The van der Waals surface area contributed by atoms with Crippen molar-refractivity contribution >= 4 is 0 Å². The Labute approximate surface area is 106 Å². The molecule has 1 saturated heterocycles. The smallest absolute Gasteiger partial charge is 0.200 e. The average Bonchev–Trinajstić information content (AvgIpc) is 2.88. The summed E-state index contributed by atoms with van der Waals surface area (Å²) in [5, 5.41) is 3.28. The molecule has 2 atom stereocenters. The van der Waals surface area contributed by atoms with Crippen molar-refractivity contribution < 1.29 is 13.5 Å². The molecule has 1 heterocycles. The molecule has 0 spiro atoms. The summed E-state index contributed by atoms with van der Waals surface area (Å²) >= 11 is 0. The van der Waals surface area contributed by atoms with E-state index in [1.165, 1.54) is 12.1 Å². The van der Waals surface area contributed by atoms with E-state index in [2.05, 4.69) is 12.2 Å². The predicted molar refractivity (Wildman–Crippen MR) is 66.7 cm³/mol. The lowest BCUT2D eigenvalue weighted by Crippen LogP contribution is -2.29. The molecule has 0 aliphatic carbocycles. The highest BCUT2D eigenvalue weighted by Gasteiger charge is 2.26. The summed E-state index contributed by atoms with van der Waals surface area (Å²) in [6.45, 7) is 3.93. The van der Waals surface area contributed by atoms with E-state index in [1.807, 2.05) is 0 Å². The number of rotatable bonds is 5. The Hall–Kier alpha value is -1.16. The molecule has 18 heavy (non-hydrogen) atoms. The van der Waals surface area contributed by atoms with Crippen LogP contribution in [0.15, 0.2) is 18.2 Å². The van der Waals surface area contributed by atoms with E-state index in [0.717, 1.165) is 38.4 Å². The zero-order valence-corrected chi connectivity index (χ0v) is 10.6. The largest absolute Gasteiger partial charge is 0.487 e. The van der Waals surface area contributed by atoms with E-state index in [4.69, 9.17) is 4.74 Å². The molecule has 1 unspecified atom stereocenters. The van der Waals surface area contributed by atoms with Crippen LogP contribution in [0, 0.1) is 17.6 Å². The summed E-state index contributed by atoms with van der Waals surface area (Å²) in [6.07, 6.45) is 2.82. The number of ether oxygens (including phenoxy) is 1. The Morgan fingerprint density at radius 2 is 2.28 bits per heavy atom. The fourth-order valence-corrected chi connectivity index (χ4v) is 2.41. The van der Waals surface area contributed by atoms with Crippen molar-refractivity contribution in [2.45, 2.75) is 32.3 Å². The number of benzene rings is 1. The molecule has 2 rings (SSSR count). The molecule has 1 aromatic carbocycles. The highest BCUT2D eigenvalue weighted by Crippen LogP contribution is 2.26. The third-order valence-electron chi connectivity index (χ3n) is 3.39. The van der Waals surface area contributed by atoms with Gasteiger partial charge in [0, 0.05) is 12.5 Å². The lowest BCUT2D eigenvalue weighted by Gasteiger charge is -2.24. The van der Waals surface area contributed by atoms with Gasteiger partial charge < -0.3 is 10.1 Å². The summed E-state index contributed by atoms with van der Waals surface area (Å²) in [6, 6.07) is 4.07. The standard InChI is InChI=1S/C14H19F2NO/c1-2-4-12(10-7-8-17-9-10)18-13-6-3-5-11(15)14(13)16/h3,5-6,10,12,17H,2,4,7-9H2,1H3/t10?,12-/m0/s1. The second-order valence-electron chi connectivity index (χ2n) is 4.75. The van der Waals surface area contributed by atoms with Crippen molar-refractivity contribution in [3.8, 4) is 5.75 Å². The zero-order valence-electron chi connectivity index (χ0n) is 10.6. The van der Waals surface area contributed by atoms with Crippen LogP contribution in [0.1, 0.15) is 26.2 Å². The number of nitrogens with one attached hydrogen (secondary N) is 1. The van der Waals surface area contributed by atoms with Crippen LogP contribution in [0.5, 0.6) is 5.75 Å². The summed E-state index contributed by atoms with van der Waals surface area (Å²) in [4.78, 5) is 0. The van der Waals surface area contributed by atoms with Crippen molar-refractivity contribution in [3.05, 3.63) is 29.8 Å². The summed E-state index contributed by atoms with van der Waals surface area (Å²) in [7, 11) is 0. The molecule has 100 valence electrons. The highest BCUT2D eigenvalue weighted by atomic mass is 19.2. The number of hydrogen-bond acceptors (Lipinski definition) is 2. The van der Waals surface area contributed by atoms with Gasteiger partial charge in [-0.1, -0.05) is 19.4 Å². The van der Waals surface area contributed by atoms with Crippen molar-refractivity contribution in [1.82, 2.24) is 5.32 Å². The minimum atomic E-state index is -0.885. The van der Waals surface area contributed by atoms with E-state index >= 15 is 0 Å². The van der Waals surface area contributed by atoms with Gasteiger partial charge in [0.15, 0.2) is 11.6 Å². The van der Waals surface area contributed by atoms with Crippen LogP contribution >= 0.6 is 0 Å². The third-order valence-corrected chi connectivity index (χ3v) is 3.39. The number of hydrogen-bond donors (Lipinski definition) is 1. The molecule has 1 fully saturated rings. The van der Waals surface area contributed by atoms with Crippen LogP contribution < -0.4 is 10.1 Å². The third kappa shape index (κ3) is 2.99. The van der Waals surface area contributed by atoms with Gasteiger partial charge in [0.2, 0.25) is 5.82 Å². The highest BCUT2D eigenvalue weighted by molar-refractivity contribution is 5.25. The predicted octanol–water partition coefficient (Wildman–Crippen LogP) is 3.12. The summed E-state index contributed by atoms with van der Waals surface area (Å²) in [5.74, 6) is -1.33. The maximum atomic E-state index is 13.6. The summed E-state index contributed by atoms with van der Waals surface area (Å²) in [5.41, 5.74) is 0. The molecule has 1 aliphatic rings. The second-order valence-corrected chi connectivity index (χ2v) is 4.75. The van der Waals surface area contributed by atoms with Crippen LogP contribution in [-0.2, 0) is 0 Å². The minimum Gasteiger partial charge on any atom is -0.487 e. The van der Waals surface area contributed by atoms with Crippen molar-refractivity contribution in [1.29, 1.82) is 0 Å². The van der Waals surface area contributed by atoms with Gasteiger partial charge in [0.05, 0.1) is 0 Å². The maximum absolute atomic E-state index is 13.6. The van der Waals surface area contributed by atoms with Crippen LogP contribution in [0.4, 0.5) is 8.78 Å². The molecule has 1 aliphatic heterocycles. The van der Waals surface area contributed by atoms with E-state index in [1.54, 1.807) is 0 Å². The van der Waals surface area contributed by atoms with Crippen LogP contribution in [0.2, 0.25) is 0 Å². The van der Waals surface area contributed by atoms with E-state index in [-0.39, 0.29) is 11.9 Å². The van der Waals surface area contributed by atoms with Gasteiger partial charge in [-0.15, -0.1) is 0 Å². The lowest BCUT2D eigenvalue weighted by molar-refractivity contribution is 0.125. The molecule has 2 nitrogen and oxygen atoms in total. The Bertz CT molecular complexity index is 391. The summed E-state index contributed by atoms with van der Waals surface area (Å²) < 4.78 is 32.4. The first-order valence-corrected chi connectivity index (χ1v) is 6.53. The Balaban J connectivity index is 2.10. The Morgan fingerprint density at radius 3 is 2.94 bits per heavy atom. The molecule has 0 radical (unpaired) electrons. The van der Waals surface area contributed by atoms with Crippen molar-refractivity contribution in [2.24, 2.45) is 5.92 Å². The second kappa shape index (κ2) is 6.14. The average molecular weight is 255 g/mol. The molecule has 1 aromatic rings. The maximum Gasteiger partial charge on any atom is 0.200 e. The van der Waals surface area contributed by atoms with Crippen LogP contribution in [0.3, 0.4) is 0 Å². The van der Waals surface area contributed by atoms with Crippen molar-refractivity contribution in [3.63, 3.8) is 0 Å². The topological polar surface area (TPSA) is 21.3 Å². The van der Waals surface area contributed by atoms with Gasteiger partial charge in [-0.3, -0.25) is 0 Å². The Morgan fingerprint density at radius 1 is 1.44 bits per heavy atom. The fourth-order valence-electron chi connectivity index (χ4n) is 2.41. The first-order valence-electron chi connectivity index (χ1n) is 6.53. The van der Waals surface area contributed by atoms with Crippen molar-refractivity contribution in [2.75, 3.05) is 13.1 Å². The van der Waals surface area contributed by atoms with Crippen LogP contribution in [0.25, 0.3) is 0 Å². The van der Waals surface area contributed by atoms with Gasteiger partial charge in [0.1, 0.15) is 6.10 Å². The van der Waals surface area contributed by atoms with E-state index < -0.39 is 11.6 Å².